The molecule has 2 aromatic rings. The number of rotatable bonds is 5. The molecule has 0 aliphatic rings. The van der Waals surface area contributed by atoms with E-state index in [1.165, 1.54) is 28.8 Å². The maximum absolute atomic E-state index is 13.2. The lowest BCUT2D eigenvalue weighted by Gasteiger charge is -2.14. The van der Waals surface area contributed by atoms with Gasteiger partial charge in [0, 0.05) is 12.6 Å². The second kappa shape index (κ2) is 6.42. The summed E-state index contributed by atoms with van der Waals surface area (Å²) in [6.45, 7) is 7.26. The van der Waals surface area contributed by atoms with Crippen LogP contribution in [0.25, 0.3) is 0 Å². The van der Waals surface area contributed by atoms with Crippen LogP contribution < -0.4 is 10.1 Å². The number of nitrogens with one attached hydrogen (secondary N) is 1. The van der Waals surface area contributed by atoms with Crippen molar-refractivity contribution in [3.63, 3.8) is 0 Å². The maximum Gasteiger partial charge on any atom is 0.145 e. The molecule has 2 rings (SSSR count). The highest BCUT2D eigenvalue weighted by atomic mass is 19.1. The van der Waals surface area contributed by atoms with Crippen molar-refractivity contribution in [3.05, 3.63) is 58.9 Å². The van der Waals surface area contributed by atoms with Gasteiger partial charge in [-0.2, -0.15) is 0 Å². The van der Waals surface area contributed by atoms with Crippen LogP contribution in [0.1, 0.15) is 23.6 Å². The van der Waals surface area contributed by atoms with E-state index in [1.807, 2.05) is 6.92 Å². The number of anilines is 1. The summed E-state index contributed by atoms with van der Waals surface area (Å²) in [6, 6.07) is 10.9. The van der Waals surface area contributed by atoms with E-state index >= 15 is 0 Å². The molecule has 0 atom stereocenters. The van der Waals surface area contributed by atoms with E-state index < -0.39 is 0 Å². The lowest BCUT2D eigenvalue weighted by Crippen LogP contribution is -2.04. The molecule has 0 saturated carbocycles. The van der Waals surface area contributed by atoms with Gasteiger partial charge in [0.2, 0.25) is 0 Å². The van der Waals surface area contributed by atoms with Crippen LogP contribution in [0.4, 0.5) is 10.1 Å². The highest BCUT2D eigenvalue weighted by Gasteiger charge is 2.06. The molecular weight excluding hydrogens is 253 g/mol. The quantitative estimate of drug-likeness (QED) is 0.868. The monoisotopic (exact) mass is 273 g/mol. The molecule has 0 unspecified atom stereocenters. The SMILES string of the molecule is CCOc1cc(F)ccc1NCc1cc(C)ccc1C. The van der Waals surface area contributed by atoms with Gasteiger partial charge in [-0.3, -0.25) is 0 Å². The highest BCUT2D eigenvalue weighted by Crippen LogP contribution is 2.26. The van der Waals surface area contributed by atoms with E-state index in [0.29, 0.717) is 18.9 Å². The van der Waals surface area contributed by atoms with Crippen molar-refractivity contribution in [3.8, 4) is 5.75 Å². The van der Waals surface area contributed by atoms with Gasteiger partial charge in [0.25, 0.3) is 0 Å². The summed E-state index contributed by atoms with van der Waals surface area (Å²) in [5.41, 5.74) is 4.52. The maximum atomic E-state index is 13.2. The van der Waals surface area contributed by atoms with Gasteiger partial charge in [-0.1, -0.05) is 23.8 Å². The minimum Gasteiger partial charge on any atom is -0.492 e. The molecule has 0 saturated heterocycles. The van der Waals surface area contributed by atoms with E-state index in [0.717, 1.165) is 5.69 Å². The Morgan fingerprint density at radius 2 is 1.90 bits per heavy atom. The smallest absolute Gasteiger partial charge is 0.145 e. The van der Waals surface area contributed by atoms with Crippen LogP contribution in [-0.2, 0) is 6.54 Å². The summed E-state index contributed by atoms with van der Waals surface area (Å²) in [5.74, 6) is 0.267. The fourth-order valence-electron chi connectivity index (χ4n) is 2.10. The zero-order chi connectivity index (χ0) is 14.5. The number of aryl methyl sites for hydroxylation is 2. The first kappa shape index (κ1) is 14.4. The zero-order valence-corrected chi connectivity index (χ0v) is 12.2. The normalized spacial score (nSPS) is 10.4. The van der Waals surface area contributed by atoms with Gasteiger partial charge in [-0.15, -0.1) is 0 Å². The van der Waals surface area contributed by atoms with Crippen LogP contribution in [0.5, 0.6) is 5.75 Å². The van der Waals surface area contributed by atoms with E-state index in [1.54, 1.807) is 6.07 Å². The number of benzene rings is 2. The van der Waals surface area contributed by atoms with E-state index in [4.69, 9.17) is 4.74 Å². The highest BCUT2D eigenvalue weighted by molar-refractivity contribution is 5.57. The summed E-state index contributed by atoms with van der Waals surface area (Å²) in [5, 5.41) is 3.32. The predicted octanol–water partition coefficient (Wildman–Crippen LogP) is 4.45. The summed E-state index contributed by atoms with van der Waals surface area (Å²) in [7, 11) is 0. The third kappa shape index (κ3) is 3.50. The van der Waals surface area contributed by atoms with Crippen molar-refractivity contribution < 1.29 is 9.13 Å². The van der Waals surface area contributed by atoms with E-state index in [9.17, 15) is 4.39 Å². The first-order valence-corrected chi connectivity index (χ1v) is 6.82. The van der Waals surface area contributed by atoms with Crippen LogP contribution in [0.15, 0.2) is 36.4 Å². The molecule has 106 valence electrons. The topological polar surface area (TPSA) is 21.3 Å². The molecule has 0 spiro atoms. The van der Waals surface area contributed by atoms with Crippen molar-refractivity contribution in [2.24, 2.45) is 0 Å². The van der Waals surface area contributed by atoms with Gasteiger partial charge >= 0.3 is 0 Å². The Hall–Kier alpha value is -2.03. The third-order valence-electron chi connectivity index (χ3n) is 3.22. The van der Waals surface area contributed by atoms with Crippen LogP contribution in [-0.4, -0.2) is 6.61 Å². The Bertz CT molecular complexity index is 596. The molecule has 3 heteroatoms. The molecule has 0 heterocycles. The van der Waals surface area contributed by atoms with Crippen molar-refractivity contribution in [2.75, 3.05) is 11.9 Å². The Labute approximate surface area is 119 Å². The molecule has 0 radical (unpaired) electrons. The van der Waals surface area contributed by atoms with E-state index in [-0.39, 0.29) is 5.82 Å². The average Bonchev–Trinajstić information content (AvgIpc) is 2.42. The second-order valence-corrected chi connectivity index (χ2v) is 4.86. The van der Waals surface area contributed by atoms with Crippen LogP contribution in [0.3, 0.4) is 0 Å². The lowest BCUT2D eigenvalue weighted by molar-refractivity contribution is 0.340. The predicted molar refractivity (Wildman–Crippen MR) is 80.8 cm³/mol. The minimum atomic E-state index is -0.286. The Balaban J connectivity index is 2.16. The molecule has 0 aliphatic heterocycles. The van der Waals surface area contributed by atoms with Gasteiger partial charge < -0.3 is 10.1 Å². The standard InChI is InChI=1S/C17H20FNO/c1-4-20-17-10-15(18)7-8-16(17)19-11-14-9-12(2)5-6-13(14)3/h5-10,19H,4,11H2,1-3H3. The fraction of sp³-hybridized carbons (Fsp3) is 0.294. The number of hydrogen-bond acceptors (Lipinski definition) is 2. The Morgan fingerprint density at radius 1 is 1.10 bits per heavy atom. The number of halogens is 1. The molecule has 0 fully saturated rings. The molecule has 20 heavy (non-hydrogen) atoms. The van der Waals surface area contributed by atoms with Gasteiger partial charge in [0.05, 0.1) is 12.3 Å². The average molecular weight is 273 g/mol. The largest absolute Gasteiger partial charge is 0.492 e. The molecular formula is C17H20FNO. The Morgan fingerprint density at radius 3 is 2.65 bits per heavy atom. The summed E-state index contributed by atoms with van der Waals surface area (Å²) >= 11 is 0. The number of hydrogen-bond donors (Lipinski definition) is 1. The zero-order valence-electron chi connectivity index (χ0n) is 12.2. The summed E-state index contributed by atoms with van der Waals surface area (Å²) in [4.78, 5) is 0. The molecule has 2 aromatic carbocycles. The number of ether oxygens (including phenoxy) is 1. The molecule has 1 N–H and O–H groups in total. The van der Waals surface area contributed by atoms with Gasteiger partial charge in [0.1, 0.15) is 11.6 Å². The van der Waals surface area contributed by atoms with Crippen LogP contribution in [0, 0.1) is 19.7 Å². The van der Waals surface area contributed by atoms with Crippen LogP contribution >= 0.6 is 0 Å². The van der Waals surface area contributed by atoms with Crippen molar-refractivity contribution in [1.29, 1.82) is 0 Å². The molecule has 0 aliphatic carbocycles. The second-order valence-electron chi connectivity index (χ2n) is 4.86. The first-order valence-electron chi connectivity index (χ1n) is 6.82. The summed E-state index contributed by atoms with van der Waals surface area (Å²) in [6.07, 6.45) is 0. The third-order valence-corrected chi connectivity index (χ3v) is 3.22. The molecule has 2 nitrogen and oxygen atoms in total. The fourth-order valence-corrected chi connectivity index (χ4v) is 2.10. The Kier molecular flexibility index (Phi) is 4.61. The minimum absolute atomic E-state index is 0.286. The molecule has 0 amide bonds. The van der Waals surface area contributed by atoms with Gasteiger partial charge in [-0.05, 0) is 44.0 Å². The first-order chi connectivity index (χ1) is 9.60. The molecule has 0 aromatic heterocycles. The van der Waals surface area contributed by atoms with Crippen molar-refractivity contribution >= 4 is 5.69 Å². The summed E-state index contributed by atoms with van der Waals surface area (Å²) < 4.78 is 18.7. The molecule has 0 bridgehead atoms. The van der Waals surface area contributed by atoms with Crippen molar-refractivity contribution in [1.82, 2.24) is 0 Å². The van der Waals surface area contributed by atoms with Crippen LogP contribution in [0.2, 0.25) is 0 Å². The van der Waals surface area contributed by atoms with Gasteiger partial charge in [-0.25, -0.2) is 4.39 Å². The van der Waals surface area contributed by atoms with Crippen molar-refractivity contribution in [2.45, 2.75) is 27.3 Å². The lowest BCUT2D eigenvalue weighted by atomic mass is 10.1. The van der Waals surface area contributed by atoms with Gasteiger partial charge in [0.15, 0.2) is 0 Å². The van der Waals surface area contributed by atoms with E-state index in [2.05, 4.69) is 37.4 Å².